The molecule has 0 aliphatic rings. The summed E-state index contributed by atoms with van der Waals surface area (Å²) in [7, 11) is 0. The number of carbonyl (C=O) groups is 1. The summed E-state index contributed by atoms with van der Waals surface area (Å²) in [6, 6.07) is 6.73. The lowest BCUT2D eigenvalue weighted by atomic mass is 9.99. The summed E-state index contributed by atoms with van der Waals surface area (Å²) in [5.41, 5.74) is 2.55. The fourth-order valence-electron chi connectivity index (χ4n) is 1.75. The number of aromatic nitrogens is 2. The van der Waals surface area contributed by atoms with E-state index in [4.69, 9.17) is 5.11 Å². The Kier molecular flexibility index (Phi) is 3.32. The van der Waals surface area contributed by atoms with Crippen LogP contribution in [0.1, 0.15) is 12.6 Å². The van der Waals surface area contributed by atoms with Gasteiger partial charge >= 0.3 is 5.97 Å². The molecule has 0 radical (unpaired) electrons. The SMILES string of the molecule is CC(Cc1[nH]ncc1-c1ccc(O)cc1)C(=O)O. The van der Waals surface area contributed by atoms with Crippen molar-refractivity contribution >= 4 is 5.97 Å². The van der Waals surface area contributed by atoms with Gasteiger partial charge in [0.05, 0.1) is 12.1 Å². The molecule has 3 N–H and O–H groups in total. The number of rotatable bonds is 4. The van der Waals surface area contributed by atoms with E-state index < -0.39 is 11.9 Å². The fourth-order valence-corrected chi connectivity index (χ4v) is 1.75. The third kappa shape index (κ3) is 2.51. The number of hydrogen-bond acceptors (Lipinski definition) is 3. The van der Waals surface area contributed by atoms with Crippen LogP contribution in [0.25, 0.3) is 11.1 Å². The van der Waals surface area contributed by atoms with Crippen molar-refractivity contribution in [3.05, 3.63) is 36.2 Å². The molecule has 5 nitrogen and oxygen atoms in total. The number of nitrogens with one attached hydrogen (secondary N) is 1. The normalized spacial score (nSPS) is 12.3. The number of phenolic OH excluding ortho intramolecular Hbond substituents is 1. The minimum Gasteiger partial charge on any atom is -0.508 e. The lowest BCUT2D eigenvalue weighted by Gasteiger charge is -2.07. The van der Waals surface area contributed by atoms with Gasteiger partial charge in [-0.2, -0.15) is 5.10 Å². The van der Waals surface area contributed by atoms with Crippen molar-refractivity contribution in [3.63, 3.8) is 0 Å². The van der Waals surface area contributed by atoms with E-state index in [9.17, 15) is 9.90 Å². The molecule has 0 saturated heterocycles. The van der Waals surface area contributed by atoms with E-state index in [1.807, 2.05) is 0 Å². The average Bonchev–Trinajstić information content (AvgIpc) is 2.78. The van der Waals surface area contributed by atoms with E-state index in [0.29, 0.717) is 6.42 Å². The maximum atomic E-state index is 10.9. The maximum Gasteiger partial charge on any atom is 0.306 e. The summed E-state index contributed by atoms with van der Waals surface area (Å²) in [5, 5.41) is 24.9. The molecule has 0 saturated carbocycles. The van der Waals surface area contributed by atoms with E-state index in [1.165, 1.54) is 0 Å². The zero-order valence-electron chi connectivity index (χ0n) is 9.92. The second-order valence-electron chi connectivity index (χ2n) is 4.25. The van der Waals surface area contributed by atoms with Gasteiger partial charge in [0.2, 0.25) is 0 Å². The number of carboxylic acids is 1. The van der Waals surface area contributed by atoms with Gasteiger partial charge in [-0.3, -0.25) is 9.89 Å². The summed E-state index contributed by atoms with van der Waals surface area (Å²) in [4.78, 5) is 10.9. The number of hydrogen-bond donors (Lipinski definition) is 3. The minimum atomic E-state index is -0.832. The van der Waals surface area contributed by atoms with Gasteiger partial charge in [-0.15, -0.1) is 0 Å². The highest BCUT2D eigenvalue weighted by Crippen LogP contribution is 2.25. The first-order valence-corrected chi connectivity index (χ1v) is 5.62. The third-order valence-corrected chi connectivity index (χ3v) is 2.83. The highest BCUT2D eigenvalue weighted by atomic mass is 16.4. The van der Waals surface area contributed by atoms with Crippen LogP contribution in [0.3, 0.4) is 0 Å². The van der Waals surface area contributed by atoms with Crippen molar-refractivity contribution in [3.8, 4) is 16.9 Å². The number of aromatic hydroxyl groups is 1. The van der Waals surface area contributed by atoms with E-state index in [1.54, 1.807) is 37.4 Å². The molecule has 0 amide bonds. The van der Waals surface area contributed by atoms with Gasteiger partial charge in [-0.1, -0.05) is 19.1 Å². The van der Waals surface area contributed by atoms with Crippen LogP contribution in [0.2, 0.25) is 0 Å². The molecule has 2 aromatic rings. The van der Waals surface area contributed by atoms with Gasteiger partial charge < -0.3 is 10.2 Å². The first kappa shape index (κ1) is 12.2. The van der Waals surface area contributed by atoms with Crippen molar-refractivity contribution in [2.75, 3.05) is 0 Å². The van der Waals surface area contributed by atoms with Crippen LogP contribution in [0, 0.1) is 5.92 Å². The van der Waals surface area contributed by atoms with Gasteiger partial charge in [-0.25, -0.2) is 0 Å². The van der Waals surface area contributed by atoms with E-state index in [2.05, 4.69) is 10.2 Å². The Hall–Kier alpha value is -2.30. The van der Waals surface area contributed by atoms with Crippen LogP contribution in [-0.4, -0.2) is 26.4 Å². The Bertz CT molecular complexity index is 546. The van der Waals surface area contributed by atoms with E-state index in [0.717, 1.165) is 16.8 Å². The molecule has 1 aromatic heterocycles. The Balaban J connectivity index is 2.27. The molecule has 0 bridgehead atoms. The Labute approximate surface area is 104 Å². The number of nitrogens with zero attached hydrogens (tertiary/aromatic N) is 1. The first-order valence-electron chi connectivity index (χ1n) is 5.62. The molecule has 0 spiro atoms. The molecule has 0 aliphatic carbocycles. The number of aliphatic carboxylic acids is 1. The quantitative estimate of drug-likeness (QED) is 0.770. The van der Waals surface area contributed by atoms with Crippen molar-refractivity contribution in [1.29, 1.82) is 0 Å². The molecule has 2 rings (SSSR count). The van der Waals surface area contributed by atoms with Crippen LogP contribution in [0.15, 0.2) is 30.5 Å². The molecule has 0 aliphatic heterocycles. The molecule has 18 heavy (non-hydrogen) atoms. The van der Waals surface area contributed by atoms with E-state index >= 15 is 0 Å². The molecular formula is C13H14N2O3. The topological polar surface area (TPSA) is 86.2 Å². The Morgan fingerprint density at radius 2 is 2.06 bits per heavy atom. The standard InChI is InChI=1S/C13H14N2O3/c1-8(13(17)18)6-12-11(7-14-15-12)9-2-4-10(16)5-3-9/h2-5,7-8,16H,6H2,1H3,(H,14,15)(H,17,18). The predicted molar refractivity (Wildman–Crippen MR) is 66.2 cm³/mol. The molecule has 5 heteroatoms. The van der Waals surface area contributed by atoms with E-state index in [-0.39, 0.29) is 5.75 Å². The zero-order chi connectivity index (χ0) is 13.1. The second kappa shape index (κ2) is 4.91. The highest BCUT2D eigenvalue weighted by molar-refractivity contribution is 5.71. The number of H-pyrrole nitrogens is 1. The number of phenols is 1. The largest absolute Gasteiger partial charge is 0.508 e. The molecule has 1 heterocycles. The molecule has 1 atom stereocenters. The summed E-state index contributed by atoms with van der Waals surface area (Å²) in [6.07, 6.45) is 2.06. The van der Waals surface area contributed by atoms with Crippen molar-refractivity contribution in [2.45, 2.75) is 13.3 Å². The van der Waals surface area contributed by atoms with Gasteiger partial charge in [0.1, 0.15) is 5.75 Å². The Morgan fingerprint density at radius 3 is 2.67 bits per heavy atom. The molecular weight excluding hydrogens is 232 g/mol. The van der Waals surface area contributed by atoms with Gasteiger partial charge in [0, 0.05) is 17.7 Å². The summed E-state index contributed by atoms with van der Waals surface area (Å²) >= 11 is 0. The average molecular weight is 246 g/mol. The maximum absolute atomic E-state index is 10.9. The van der Waals surface area contributed by atoms with Gasteiger partial charge in [0.15, 0.2) is 0 Å². The zero-order valence-corrected chi connectivity index (χ0v) is 9.92. The first-order chi connectivity index (χ1) is 8.58. The van der Waals surface area contributed by atoms with Crippen molar-refractivity contribution in [1.82, 2.24) is 10.2 Å². The van der Waals surface area contributed by atoms with Crippen LogP contribution < -0.4 is 0 Å². The molecule has 1 unspecified atom stereocenters. The fraction of sp³-hybridized carbons (Fsp3) is 0.231. The lowest BCUT2D eigenvalue weighted by Crippen LogP contribution is -2.12. The second-order valence-corrected chi connectivity index (χ2v) is 4.25. The van der Waals surface area contributed by atoms with Crippen molar-refractivity contribution < 1.29 is 15.0 Å². The summed E-state index contributed by atoms with van der Waals surface area (Å²) < 4.78 is 0. The van der Waals surface area contributed by atoms with Crippen LogP contribution in [0.5, 0.6) is 5.75 Å². The molecule has 94 valence electrons. The minimum absolute atomic E-state index is 0.197. The third-order valence-electron chi connectivity index (χ3n) is 2.83. The van der Waals surface area contributed by atoms with Crippen LogP contribution in [-0.2, 0) is 11.2 Å². The molecule has 0 fully saturated rings. The monoisotopic (exact) mass is 246 g/mol. The summed E-state index contributed by atoms with van der Waals surface area (Å²) in [5.74, 6) is -1.11. The van der Waals surface area contributed by atoms with Crippen molar-refractivity contribution in [2.24, 2.45) is 5.92 Å². The smallest absolute Gasteiger partial charge is 0.306 e. The van der Waals surface area contributed by atoms with Crippen LogP contribution >= 0.6 is 0 Å². The number of aromatic amines is 1. The lowest BCUT2D eigenvalue weighted by molar-refractivity contribution is -0.141. The number of carboxylic acid groups (broad SMARTS) is 1. The highest BCUT2D eigenvalue weighted by Gasteiger charge is 2.16. The Morgan fingerprint density at radius 1 is 1.39 bits per heavy atom. The number of benzene rings is 1. The van der Waals surface area contributed by atoms with Gasteiger partial charge in [-0.05, 0) is 17.7 Å². The predicted octanol–water partition coefficient (Wildman–Crippen LogP) is 2.05. The van der Waals surface area contributed by atoms with Gasteiger partial charge in [0.25, 0.3) is 0 Å². The van der Waals surface area contributed by atoms with Crippen LogP contribution in [0.4, 0.5) is 0 Å². The molecule has 1 aromatic carbocycles. The summed E-state index contributed by atoms with van der Waals surface area (Å²) in [6.45, 7) is 1.66.